The fraction of sp³-hybridized carbons (Fsp3) is 1.00. The topological polar surface area (TPSA) is 21.3 Å². The Morgan fingerprint density at radius 2 is 2.00 bits per heavy atom. The smallest absolute Gasteiger partial charge is 0.0476 e. The molecule has 84 valence electrons. The minimum Gasteiger partial charge on any atom is -0.385 e. The Morgan fingerprint density at radius 1 is 1.29 bits per heavy atom. The maximum absolute atomic E-state index is 5.07. The Labute approximate surface area is 88.4 Å². The van der Waals surface area contributed by atoms with Crippen LogP contribution in [0.3, 0.4) is 0 Å². The molecule has 2 unspecified atom stereocenters. The molecule has 0 radical (unpaired) electrons. The zero-order valence-electron chi connectivity index (χ0n) is 9.88. The predicted molar refractivity (Wildman–Crippen MR) is 60.5 cm³/mol. The number of hydrogen-bond donors (Lipinski definition) is 1. The molecule has 0 saturated heterocycles. The molecule has 0 bridgehead atoms. The summed E-state index contributed by atoms with van der Waals surface area (Å²) < 4.78 is 5.07. The van der Waals surface area contributed by atoms with Gasteiger partial charge < -0.3 is 10.1 Å². The van der Waals surface area contributed by atoms with Crippen LogP contribution in [0.2, 0.25) is 0 Å². The Balaban J connectivity index is 2.02. The lowest BCUT2D eigenvalue weighted by Gasteiger charge is -2.30. The highest BCUT2D eigenvalue weighted by Crippen LogP contribution is 2.30. The molecule has 0 aliphatic heterocycles. The molecule has 1 aliphatic rings. The summed E-state index contributed by atoms with van der Waals surface area (Å²) in [6.07, 6.45) is 6.84. The summed E-state index contributed by atoms with van der Waals surface area (Å²) in [6, 6.07) is 1.26. The summed E-state index contributed by atoms with van der Waals surface area (Å²) in [7, 11) is 1.77. The van der Waals surface area contributed by atoms with Gasteiger partial charge in [0.2, 0.25) is 0 Å². The largest absolute Gasteiger partial charge is 0.385 e. The summed E-state index contributed by atoms with van der Waals surface area (Å²) in [6.45, 7) is 5.42. The van der Waals surface area contributed by atoms with Crippen molar-refractivity contribution in [3.8, 4) is 0 Å². The van der Waals surface area contributed by atoms with Gasteiger partial charge in [-0.05, 0) is 32.6 Å². The van der Waals surface area contributed by atoms with Crippen molar-refractivity contribution < 1.29 is 4.74 Å². The number of methoxy groups -OCH3 is 1. The maximum atomic E-state index is 5.07. The normalized spacial score (nSPS) is 21.6. The highest BCUT2D eigenvalue weighted by Gasteiger charge is 2.20. The van der Waals surface area contributed by atoms with Gasteiger partial charge in [0.25, 0.3) is 0 Å². The first-order chi connectivity index (χ1) is 6.72. The van der Waals surface area contributed by atoms with E-state index in [1.807, 2.05) is 0 Å². The molecular weight excluding hydrogens is 174 g/mol. The molecule has 1 fully saturated rings. The van der Waals surface area contributed by atoms with Crippen molar-refractivity contribution in [3.63, 3.8) is 0 Å². The van der Waals surface area contributed by atoms with Crippen LogP contribution in [0.1, 0.15) is 46.0 Å². The van der Waals surface area contributed by atoms with Crippen LogP contribution in [-0.2, 0) is 4.74 Å². The van der Waals surface area contributed by atoms with E-state index in [0.717, 1.165) is 18.9 Å². The van der Waals surface area contributed by atoms with E-state index >= 15 is 0 Å². The standard InChI is InChI=1S/C12H25NO/c1-10(7-8-14-3)13-11(2)9-12-5-4-6-12/h10-13H,4-9H2,1-3H3. The van der Waals surface area contributed by atoms with Gasteiger partial charge in [0, 0.05) is 25.8 Å². The number of rotatable bonds is 7. The Morgan fingerprint density at radius 3 is 2.50 bits per heavy atom. The summed E-state index contributed by atoms with van der Waals surface area (Å²) in [5.41, 5.74) is 0. The van der Waals surface area contributed by atoms with Crippen LogP contribution in [0.15, 0.2) is 0 Å². The van der Waals surface area contributed by atoms with E-state index in [1.54, 1.807) is 7.11 Å². The molecule has 0 aromatic heterocycles. The van der Waals surface area contributed by atoms with Crippen molar-refractivity contribution in [1.82, 2.24) is 5.32 Å². The summed E-state index contributed by atoms with van der Waals surface area (Å²) >= 11 is 0. The van der Waals surface area contributed by atoms with Gasteiger partial charge in [-0.25, -0.2) is 0 Å². The Bertz CT molecular complexity index is 145. The molecule has 0 aromatic carbocycles. The molecule has 0 heterocycles. The van der Waals surface area contributed by atoms with E-state index in [0.29, 0.717) is 12.1 Å². The van der Waals surface area contributed by atoms with Crippen LogP contribution in [0.4, 0.5) is 0 Å². The van der Waals surface area contributed by atoms with E-state index in [2.05, 4.69) is 19.2 Å². The lowest BCUT2D eigenvalue weighted by atomic mass is 9.81. The summed E-state index contributed by atoms with van der Waals surface area (Å²) in [5, 5.41) is 3.63. The third kappa shape index (κ3) is 4.43. The second-order valence-corrected chi connectivity index (χ2v) is 4.78. The van der Waals surface area contributed by atoms with E-state index in [9.17, 15) is 0 Å². The molecule has 2 atom stereocenters. The van der Waals surface area contributed by atoms with Crippen LogP contribution >= 0.6 is 0 Å². The molecule has 14 heavy (non-hydrogen) atoms. The molecule has 0 aromatic rings. The maximum Gasteiger partial charge on any atom is 0.0476 e. The summed E-state index contributed by atoms with van der Waals surface area (Å²) in [5.74, 6) is 1.01. The van der Waals surface area contributed by atoms with Crippen LogP contribution in [0, 0.1) is 5.92 Å². The Kier molecular flexibility index (Phi) is 5.49. The predicted octanol–water partition coefficient (Wildman–Crippen LogP) is 2.58. The first-order valence-corrected chi connectivity index (χ1v) is 5.97. The zero-order chi connectivity index (χ0) is 10.4. The van der Waals surface area contributed by atoms with Crippen molar-refractivity contribution >= 4 is 0 Å². The van der Waals surface area contributed by atoms with Crippen LogP contribution in [0.5, 0.6) is 0 Å². The number of ether oxygens (including phenoxy) is 1. The van der Waals surface area contributed by atoms with Gasteiger partial charge in [-0.2, -0.15) is 0 Å². The van der Waals surface area contributed by atoms with Crippen molar-refractivity contribution in [3.05, 3.63) is 0 Å². The number of nitrogens with one attached hydrogen (secondary N) is 1. The second-order valence-electron chi connectivity index (χ2n) is 4.78. The second kappa shape index (κ2) is 6.41. The quantitative estimate of drug-likeness (QED) is 0.680. The molecule has 1 rings (SSSR count). The van der Waals surface area contributed by atoms with Crippen molar-refractivity contribution in [1.29, 1.82) is 0 Å². The van der Waals surface area contributed by atoms with Crippen molar-refractivity contribution in [2.75, 3.05) is 13.7 Å². The fourth-order valence-electron chi connectivity index (χ4n) is 2.16. The molecular formula is C12H25NO. The van der Waals surface area contributed by atoms with Crippen LogP contribution in [-0.4, -0.2) is 25.8 Å². The van der Waals surface area contributed by atoms with E-state index < -0.39 is 0 Å². The first kappa shape index (κ1) is 12.0. The highest BCUT2D eigenvalue weighted by atomic mass is 16.5. The van der Waals surface area contributed by atoms with Crippen LogP contribution < -0.4 is 5.32 Å². The molecule has 0 spiro atoms. The van der Waals surface area contributed by atoms with Gasteiger partial charge in [0.05, 0.1) is 0 Å². The first-order valence-electron chi connectivity index (χ1n) is 5.97. The lowest BCUT2D eigenvalue weighted by Crippen LogP contribution is -2.37. The SMILES string of the molecule is COCCC(C)NC(C)CC1CCC1. The minimum atomic E-state index is 0.588. The monoisotopic (exact) mass is 199 g/mol. The molecule has 2 nitrogen and oxygen atoms in total. The third-order valence-electron chi connectivity index (χ3n) is 3.24. The van der Waals surface area contributed by atoms with E-state index in [4.69, 9.17) is 4.74 Å². The third-order valence-corrected chi connectivity index (χ3v) is 3.24. The lowest BCUT2D eigenvalue weighted by molar-refractivity contribution is 0.179. The van der Waals surface area contributed by atoms with Crippen LogP contribution in [0.25, 0.3) is 0 Å². The van der Waals surface area contributed by atoms with Crippen molar-refractivity contribution in [2.45, 2.75) is 58.0 Å². The van der Waals surface area contributed by atoms with Gasteiger partial charge in [-0.3, -0.25) is 0 Å². The van der Waals surface area contributed by atoms with E-state index in [-0.39, 0.29) is 0 Å². The molecule has 1 saturated carbocycles. The van der Waals surface area contributed by atoms with Gasteiger partial charge >= 0.3 is 0 Å². The van der Waals surface area contributed by atoms with Gasteiger partial charge in [0.15, 0.2) is 0 Å². The molecule has 2 heteroatoms. The summed E-state index contributed by atoms with van der Waals surface area (Å²) in [4.78, 5) is 0. The van der Waals surface area contributed by atoms with Gasteiger partial charge in [-0.15, -0.1) is 0 Å². The molecule has 0 amide bonds. The minimum absolute atomic E-state index is 0.588. The van der Waals surface area contributed by atoms with Crippen molar-refractivity contribution in [2.24, 2.45) is 5.92 Å². The zero-order valence-corrected chi connectivity index (χ0v) is 9.88. The Hall–Kier alpha value is -0.0800. The average Bonchev–Trinajstić information content (AvgIpc) is 2.08. The van der Waals surface area contributed by atoms with E-state index in [1.165, 1.54) is 25.7 Å². The average molecular weight is 199 g/mol. The fourth-order valence-corrected chi connectivity index (χ4v) is 2.16. The van der Waals surface area contributed by atoms with Gasteiger partial charge in [-0.1, -0.05) is 19.3 Å². The van der Waals surface area contributed by atoms with Gasteiger partial charge in [0.1, 0.15) is 0 Å². The highest BCUT2D eigenvalue weighted by molar-refractivity contribution is 4.76. The number of hydrogen-bond acceptors (Lipinski definition) is 2. The molecule has 1 aliphatic carbocycles. The molecule has 1 N–H and O–H groups in total.